The molecule has 0 aliphatic carbocycles. The van der Waals surface area contributed by atoms with Gasteiger partial charge in [-0.15, -0.1) is 0 Å². The Bertz CT molecular complexity index is 839. The molecular weight excluding hydrogens is 290 g/mol. The molecule has 118 valence electrons. The predicted octanol–water partition coefficient (Wildman–Crippen LogP) is 2.58. The molecule has 1 heterocycles. The van der Waals surface area contributed by atoms with Crippen LogP contribution in [0.5, 0.6) is 5.75 Å². The van der Waals surface area contributed by atoms with E-state index in [4.69, 9.17) is 4.74 Å². The van der Waals surface area contributed by atoms with Crippen LogP contribution >= 0.6 is 0 Å². The molecule has 1 amide bonds. The molecule has 3 rings (SSSR count). The van der Waals surface area contributed by atoms with Crippen molar-refractivity contribution in [1.82, 2.24) is 14.9 Å². The van der Waals surface area contributed by atoms with E-state index in [9.17, 15) is 4.79 Å². The molecule has 0 atom stereocenters. The maximum Gasteiger partial charge on any atom is 0.258 e. The summed E-state index contributed by atoms with van der Waals surface area (Å²) in [7, 11) is 1.96. The number of hydrogen-bond acceptors (Lipinski definition) is 3. The van der Waals surface area contributed by atoms with Gasteiger partial charge in [0, 0.05) is 13.6 Å². The third-order valence-corrected chi connectivity index (χ3v) is 3.64. The summed E-state index contributed by atoms with van der Waals surface area (Å²) in [4.78, 5) is 16.2. The maximum atomic E-state index is 11.9. The number of nitrogens with one attached hydrogen (secondary N) is 1. The lowest BCUT2D eigenvalue weighted by molar-refractivity contribution is -0.123. The Morgan fingerprint density at radius 1 is 1.26 bits per heavy atom. The number of fused-ring (bicyclic) bond motifs is 1. The van der Waals surface area contributed by atoms with Crippen molar-refractivity contribution in [2.24, 2.45) is 7.05 Å². The van der Waals surface area contributed by atoms with Crippen molar-refractivity contribution in [1.29, 1.82) is 0 Å². The number of hydrogen-bond donors (Lipinski definition) is 1. The van der Waals surface area contributed by atoms with E-state index in [2.05, 4.69) is 10.3 Å². The van der Waals surface area contributed by atoms with Gasteiger partial charge in [0.15, 0.2) is 6.61 Å². The number of imidazole rings is 1. The van der Waals surface area contributed by atoms with Crippen LogP contribution < -0.4 is 10.1 Å². The molecule has 0 aliphatic rings. The van der Waals surface area contributed by atoms with Gasteiger partial charge in [0.1, 0.15) is 5.75 Å². The van der Waals surface area contributed by atoms with Crippen LogP contribution in [-0.4, -0.2) is 22.1 Å². The fraction of sp³-hybridized carbons (Fsp3) is 0.222. The van der Waals surface area contributed by atoms with Crippen LogP contribution in [0.2, 0.25) is 0 Å². The molecule has 0 saturated carbocycles. The SMILES string of the molecule is Cc1cccc(OCC(=O)NCc2ccc3c(c2)ncn3C)c1. The zero-order chi connectivity index (χ0) is 16.2. The van der Waals surface area contributed by atoms with Crippen molar-refractivity contribution in [3.05, 3.63) is 59.9 Å². The first-order valence-corrected chi connectivity index (χ1v) is 7.48. The topological polar surface area (TPSA) is 56.1 Å². The molecule has 0 fully saturated rings. The van der Waals surface area contributed by atoms with Crippen molar-refractivity contribution in [3.63, 3.8) is 0 Å². The second-order valence-corrected chi connectivity index (χ2v) is 5.56. The van der Waals surface area contributed by atoms with E-state index in [0.29, 0.717) is 12.3 Å². The molecule has 0 unspecified atom stereocenters. The van der Waals surface area contributed by atoms with Crippen molar-refractivity contribution in [3.8, 4) is 5.75 Å². The van der Waals surface area contributed by atoms with Gasteiger partial charge >= 0.3 is 0 Å². The quantitative estimate of drug-likeness (QED) is 0.788. The molecule has 2 aromatic carbocycles. The normalized spacial score (nSPS) is 10.7. The highest BCUT2D eigenvalue weighted by atomic mass is 16.5. The maximum absolute atomic E-state index is 11.9. The van der Waals surface area contributed by atoms with Crippen molar-refractivity contribution in [2.45, 2.75) is 13.5 Å². The van der Waals surface area contributed by atoms with E-state index in [-0.39, 0.29) is 12.5 Å². The van der Waals surface area contributed by atoms with Gasteiger partial charge in [0.05, 0.1) is 17.4 Å². The monoisotopic (exact) mass is 309 g/mol. The van der Waals surface area contributed by atoms with Crippen LogP contribution in [0.25, 0.3) is 11.0 Å². The Kier molecular flexibility index (Phi) is 4.28. The lowest BCUT2D eigenvalue weighted by Crippen LogP contribution is -2.28. The third-order valence-electron chi connectivity index (χ3n) is 3.64. The molecule has 23 heavy (non-hydrogen) atoms. The summed E-state index contributed by atoms with van der Waals surface area (Å²) in [6.45, 7) is 2.46. The van der Waals surface area contributed by atoms with Crippen molar-refractivity contribution < 1.29 is 9.53 Å². The van der Waals surface area contributed by atoms with Crippen LogP contribution in [0.15, 0.2) is 48.8 Å². The van der Waals surface area contributed by atoms with E-state index in [0.717, 1.165) is 22.2 Å². The summed E-state index contributed by atoms with van der Waals surface area (Å²) in [5.74, 6) is 0.558. The van der Waals surface area contributed by atoms with Gasteiger partial charge in [-0.1, -0.05) is 18.2 Å². The lowest BCUT2D eigenvalue weighted by atomic mass is 10.2. The van der Waals surface area contributed by atoms with E-state index in [1.165, 1.54) is 0 Å². The number of aromatic nitrogens is 2. The summed E-state index contributed by atoms with van der Waals surface area (Å²) in [5, 5.41) is 2.86. The summed E-state index contributed by atoms with van der Waals surface area (Å²) in [6.07, 6.45) is 1.78. The number of rotatable bonds is 5. The Balaban J connectivity index is 1.53. The van der Waals surface area contributed by atoms with Crippen LogP contribution in [-0.2, 0) is 18.4 Å². The van der Waals surface area contributed by atoms with Crippen LogP contribution in [0, 0.1) is 6.92 Å². The molecule has 0 bridgehead atoms. The Morgan fingerprint density at radius 2 is 2.13 bits per heavy atom. The van der Waals surface area contributed by atoms with Gasteiger partial charge in [-0.3, -0.25) is 4.79 Å². The third kappa shape index (κ3) is 3.69. The minimum atomic E-state index is -0.146. The van der Waals surface area contributed by atoms with Gasteiger partial charge in [0.25, 0.3) is 5.91 Å². The number of carbonyl (C=O) groups is 1. The first kappa shape index (κ1) is 15.1. The van der Waals surface area contributed by atoms with Gasteiger partial charge < -0.3 is 14.6 Å². The van der Waals surface area contributed by atoms with Crippen LogP contribution in [0.4, 0.5) is 0 Å². The van der Waals surface area contributed by atoms with Gasteiger partial charge in [-0.05, 0) is 42.3 Å². The second-order valence-electron chi connectivity index (χ2n) is 5.56. The molecule has 1 N–H and O–H groups in total. The minimum absolute atomic E-state index is 0.00921. The number of carbonyl (C=O) groups excluding carboxylic acids is 1. The molecule has 1 aromatic heterocycles. The number of aryl methyl sites for hydroxylation is 2. The average Bonchev–Trinajstić information content (AvgIpc) is 2.92. The zero-order valence-electron chi connectivity index (χ0n) is 13.2. The Morgan fingerprint density at radius 3 is 2.96 bits per heavy atom. The smallest absolute Gasteiger partial charge is 0.258 e. The van der Waals surface area contributed by atoms with E-state index in [1.807, 2.05) is 61.0 Å². The summed E-state index contributed by atoms with van der Waals surface area (Å²) in [5.41, 5.74) is 4.12. The van der Waals surface area contributed by atoms with E-state index >= 15 is 0 Å². The number of ether oxygens (including phenoxy) is 1. The lowest BCUT2D eigenvalue weighted by Gasteiger charge is -2.08. The molecule has 3 aromatic rings. The molecule has 0 saturated heterocycles. The highest BCUT2D eigenvalue weighted by Crippen LogP contribution is 2.14. The first-order valence-electron chi connectivity index (χ1n) is 7.48. The standard InChI is InChI=1S/C18H19N3O2/c1-13-4-3-5-15(8-13)23-11-18(22)19-10-14-6-7-17-16(9-14)20-12-21(17)2/h3-9,12H,10-11H2,1-2H3,(H,19,22). The molecular formula is C18H19N3O2. The predicted molar refractivity (Wildman–Crippen MR) is 89.2 cm³/mol. The Labute approximate surface area is 134 Å². The summed E-state index contributed by atoms with van der Waals surface area (Å²) in [6, 6.07) is 13.6. The fourth-order valence-electron chi connectivity index (χ4n) is 2.40. The highest BCUT2D eigenvalue weighted by Gasteiger charge is 2.05. The molecule has 0 radical (unpaired) electrons. The van der Waals surface area contributed by atoms with Gasteiger partial charge in [-0.25, -0.2) is 4.98 Å². The molecule has 0 spiro atoms. The van der Waals surface area contributed by atoms with Crippen LogP contribution in [0.3, 0.4) is 0 Å². The molecule has 0 aliphatic heterocycles. The van der Waals surface area contributed by atoms with Crippen molar-refractivity contribution >= 4 is 16.9 Å². The highest BCUT2D eigenvalue weighted by molar-refractivity contribution is 5.78. The Hall–Kier alpha value is -2.82. The zero-order valence-corrected chi connectivity index (χ0v) is 13.2. The number of benzene rings is 2. The van der Waals surface area contributed by atoms with E-state index < -0.39 is 0 Å². The fourth-order valence-corrected chi connectivity index (χ4v) is 2.40. The largest absolute Gasteiger partial charge is 0.484 e. The number of amides is 1. The van der Waals surface area contributed by atoms with Crippen molar-refractivity contribution in [2.75, 3.05) is 6.61 Å². The first-order chi connectivity index (χ1) is 11.1. The summed E-state index contributed by atoms with van der Waals surface area (Å²) >= 11 is 0. The van der Waals surface area contributed by atoms with Crippen LogP contribution in [0.1, 0.15) is 11.1 Å². The molecule has 5 heteroatoms. The molecule has 5 nitrogen and oxygen atoms in total. The van der Waals surface area contributed by atoms with E-state index in [1.54, 1.807) is 6.33 Å². The van der Waals surface area contributed by atoms with Gasteiger partial charge in [0.2, 0.25) is 0 Å². The minimum Gasteiger partial charge on any atom is -0.484 e. The average molecular weight is 309 g/mol. The number of nitrogens with zero attached hydrogens (tertiary/aromatic N) is 2. The van der Waals surface area contributed by atoms with Gasteiger partial charge in [-0.2, -0.15) is 0 Å². The summed E-state index contributed by atoms with van der Waals surface area (Å²) < 4.78 is 7.45. The second kappa shape index (κ2) is 6.52.